The minimum Gasteiger partial charge on any atom is -0.373 e. The Balaban J connectivity index is 1.49. The number of nitrogens with zero attached hydrogens (tertiary/aromatic N) is 2. The molecule has 1 atom stereocenters. The molecule has 8 nitrogen and oxygen atoms in total. The third-order valence-electron chi connectivity index (χ3n) is 6.86. The highest BCUT2D eigenvalue weighted by atomic mass is 35.5. The van der Waals surface area contributed by atoms with E-state index in [1.165, 1.54) is 15.2 Å². The summed E-state index contributed by atoms with van der Waals surface area (Å²) in [5.74, 6) is -0.0874. The molecule has 0 bridgehead atoms. The van der Waals surface area contributed by atoms with Crippen LogP contribution in [0.5, 0.6) is 0 Å². The molecule has 2 fully saturated rings. The first-order valence-electron chi connectivity index (χ1n) is 12.2. The van der Waals surface area contributed by atoms with Crippen LogP contribution in [0, 0.1) is 18.8 Å². The molecule has 34 heavy (non-hydrogen) atoms. The van der Waals surface area contributed by atoms with Crippen molar-refractivity contribution in [3.05, 3.63) is 51.2 Å². The predicted molar refractivity (Wildman–Crippen MR) is 130 cm³/mol. The van der Waals surface area contributed by atoms with Gasteiger partial charge in [-0.05, 0) is 56.7 Å². The summed E-state index contributed by atoms with van der Waals surface area (Å²) in [6.07, 6.45) is 9.14. The number of benzene rings is 1. The summed E-state index contributed by atoms with van der Waals surface area (Å²) in [7, 11) is 0. The number of nitrogens with one attached hydrogen (secondary N) is 2. The smallest absolute Gasteiger partial charge is 0.333 e. The number of imidazole rings is 1. The van der Waals surface area contributed by atoms with Crippen molar-refractivity contribution < 1.29 is 14.7 Å². The van der Waals surface area contributed by atoms with Crippen LogP contribution in [0.4, 0.5) is 0 Å². The predicted octanol–water partition coefficient (Wildman–Crippen LogP) is 3.15. The van der Waals surface area contributed by atoms with E-state index in [9.17, 15) is 19.5 Å². The van der Waals surface area contributed by atoms with Crippen molar-refractivity contribution in [1.29, 1.82) is 0 Å². The SMILES string of the molecule is Cc1cn(-c2ccc(Cl)c(C(=O)NC(O)C3CCCCCC3)c2)c(=O)n1CC(=O)NCC1CC1. The van der Waals surface area contributed by atoms with Gasteiger partial charge in [-0.15, -0.1) is 0 Å². The highest BCUT2D eigenvalue weighted by molar-refractivity contribution is 6.33. The van der Waals surface area contributed by atoms with Crippen LogP contribution in [-0.4, -0.2) is 38.8 Å². The van der Waals surface area contributed by atoms with E-state index >= 15 is 0 Å². The number of hydrogen-bond donors (Lipinski definition) is 3. The van der Waals surface area contributed by atoms with E-state index in [2.05, 4.69) is 10.6 Å². The summed E-state index contributed by atoms with van der Waals surface area (Å²) < 4.78 is 2.81. The first kappa shape index (κ1) is 24.5. The molecule has 1 aromatic heterocycles. The molecule has 4 rings (SSSR count). The van der Waals surface area contributed by atoms with Gasteiger partial charge in [0.15, 0.2) is 0 Å². The van der Waals surface area contributed by atoms with E-state index < -0.39 is 12.1 Å². The van der Waals surface area contributed by atoms with Gasteiger partial charge < -0.3 is 15.7 Å². The van der Waals surface area contributed by atoms with Gasteiger partial charge in [-0.1, -0.05) is 37.3 Å². The van der Waals surface area contributed by atoms with Crippen molar-refractivity contribution in [2.24, 2.45) is 11.8 Å². The first-order valence-corrected chi connectivity index (χ1v) is 12.6. The van der Waals surface area contributed by atoms with Gasteiger partial charge in [0.2, 0.25) is 5.91 Å². The van der Waals surface area contributed by atoms with Gasteiger partial charge in [-0.25, -0.2) is 4.79 Å². The van der Waals surface area contributed by atoms with Crippen LogP contribution < -0.4 is 16.3 Å². The summed E-state index contributed by atoms with van der Waals surface area (Å²) in [6, 6.07) is 4.75. The number of rotatable bonds is 8. The summed E-state index contributed by atoms with van der Waals surface area (Å²) in [6.45, 7) is 2.35. The van der Waals surface area contributed by atoms with Gasteiger partial charge in [-0.3, -0.25) is 18.7 Å². The molecule has 0 spiro atoms. The highest BCUT2D eigenvalue weighted by Gasteiger charge is 2.24. The van der Waals surface area contributed by atoms with Crippen molar-refractivity contribution >= 4 is 23.4 Å². The fraction of sp³-hybridized carbons (Fsp3) is 0.560. The van der Waals surface area contributed by atoms with E-state index in [0.29, 0.717) is 23.8 Å². The highest BCUT2D eigenvalue weighted by Crippen LogP contribution is 2.27. The number of carbonyl (C=O) groups is 2. The third-order valence-corrected chi connectivity index (χ3v) is 7.19. The van der Waals surface area contributed by atoms with Crippen LogP contribution in [0.25, 0.3) is 5.69 Å². The van der Waals surface area contributed by atoms with Gasteiger partial charge >= 0.3 is 5.69 Å². The van der Waals surface area contributed by atoms with E-state index in [1.807, 2.05) is 0 Å². The van der Waals surface area contributed by atoms with Crippen LogP contribution in [0.1, 0.15) is 67.4 Å². The molecule has 0 aliphatic heterocycles. The Labute approximate surface area is 204 Å². The summed E-state index contributed by atoms with van der Waals surface area (Å²) in [4.78, 5) is 38.2. The molecule has 9 heteroatoms. The number of aromatic nitrogens is 2. The summed E-state index contributed by atoms with van der Waals surface area (Å²) in [5.41, 5.74) is 0.914. The average molecular weight is 489 g/mol. The first-order chi connectivity index (χ1) is 16.3. The average Bonchev–Trinajstić information content (AvgIpc) is 3.63. The fourth-order valence-electron chi connectivity index (χ4n) is 4.54. The number of carbonyl (C=O) groups excluding carboxylic acids is 2. The Morgan fingerprint density at radius 1 is 1.15 bits per heavy atom. The molecule has 2 aliphatic rings. The molecular formula is C25H33ClN4O4. The van der Waals surface area contributed by atoms with E-state index in [1.54, 1.807) is 25.3 Å². The van der Waals surface area contributed by atoms with Crippen LogP contribution in [0.2, 0.25) is 5.02 Å². The minimum absolute atomic E-state index is 0.0266. The Bertz CT molecular complexity index is 1100. The van der Waals surface area contributed by atoms with Crippen LogP contribution >= 0.6 is 11.6 Å². The zero-order chi connectivity index (χ0) is 24.2. The molecular weight excluding hydrogens is 456 g/mol. The van der Waals surface area contributed by atoms with E-state index in [0.717, 1.165) is 51.4 Å². The molecule has 2 aromatic rings. The second-order valence-electron chi connectivity index (χ2n) is 9.59. The molecule has 0 saturated heterocycles. The Morgan fingerprint density at radius 3 is 2.53 bits per heavy atom. The number of aliphatic hydroxyl groups excluding tert-OH is 1. The van der Waals surface area contributed by atoms with Gasteiger partial charge in [0.1, 0.15) is 12.8 Å². The van der Waals surface area contributed by atoms with Crippen molar-refractivity contribution in [2.45, 2.75) is 71.1 Å². The number of amides is 2. The zero-order valence-corrected chi connectivity index (χ0v) is 20.3. The molecule has 184 valence electrons. The second-order valence-corrected chi connectivity index (χ2v) is 10.00. The third kappa shape index (κ3) is 5.91. The lowest BCUT2D eigenvalue weighted by Crippen LogP contribution is -2.40. The maximum Gasteiger partial charge on any atom is 0.333 e. The normalized spacial score (nSPS) is 17.7. The van der Waals surface area contributed by atoms with Crippen LogP contribution in [-0.2, 0) is 11.3 Å². The fourth-order valence-corrected chi connectivity index (χ4v) is 4.75. The topological polar surface area (TPSA) is 105 Å². The minimum atomic E-state index is -0.939. The van der Waals surface area contributed by atoms with Crippen molar-refractivity contribution in [3.8, 4) is 5.69 Å². The molecule has 3 N–H and O–H groups in total. The van der Waals surface area contributed by atoms with Gasteiger partial charge in [0.25, 0.3) is 5.91 Å². The number of hydrogen-bond acceptors (Lipinski definition) is 4. The molecule has 2 amide bonds. The van der Waals surface area contributed by atoms with Gasteiger partial charge in [0, 0.05) is 24.4 Å². The standard InChI is InChI=1S/C25H33ClN4O4/c1-16-14-30(25(34)29(16)15-22(31)27-13-17-8-9-17)19-10-11-21(26)20(12-19)24(33)28-23(32)18-6-4-2-3-5-7-18/h10-12,14,17-18,23,32H,2-9,13,15H2,1H3,(H,27,31)(H,28,33). The van der Waals surface area contributed by atoms with Crippen molar-refractivity contribution in [3.63, 3.8) is 0 Å². The van der Waals surface area contributed by atoms with Crippen LogP contribution in [0.3, 0.4) is 0 Å². The Morgan fingerprint density at radius 2 is 1.85 bits per heavy atom. The van der Waals surface area contributed by atoms with Gasteiger partial charge in [-0.2, -0.15) is 0 Å². The van der Waals surface area contributed by atoms with E-state index in [-0.39, 0.29) is 34.6 Å². The monoisotopic (exact) mass is 488 g/mol. The molecule has 1 heterocycles. The Hall–Kier alpha value is -2.58. The van der Waals surface area contributed by atoms with E-state index in [4.69, 9.17) is 11.6 Å². The number of halogens is 1. The zero-order valence-electron chi connectivity index (χ0n) is 19.6. The quantitative estimate of drug-likeness (QED) is 0.392. The largest absolute Gasteiger partial charge is 0.373 e. The lowest BCUT2D eigenvalue weighted by atomic mass is 9.98. The number of aliphatic hydroxyl groups is 1. The lowest BCUT2D eigenvalue weighted by molar-refractivity contribution is -0.121. The maximum absolute atomic E-state index is 13.0. The molecule has 2 saturated carbocycles. The van der Waals surface area contributed by atoms with Crippen LogP contribution in [0.15, 0.2) is 29.2 Å². The summed E-state index contributed by atoms with van der Waals surface area (Å²) >= 11 is 6.30. The second kappa shape index (κ2) is 10.8. The molecule has 1 aromatic carbocycles. The maximum atomic E-state index is 13.0. The Kier molecular flexibility index (Phi) is 7.78. The lowest BCUT2D eigenvalue weighted by Gasteiger charge is -2.22. The molecule has 2 aliphatic carbocycles. The molecule has 1 unspecified atom stereocenters. The number of aryl methyl sites for hydroxylation is 1. The van der Waals surface area contributed by atoms with Crippen molar-refractivity contribution in [2.75, 3.05) is 6.54 Å². The summed E-state index contributed by atoms with van der Waals surface area (Å²) in [5, 5.41) is 16.4. The van der Waals surface area contributed by atoms with Crippen molar-refractivity contribution in [1.82, 2.24) is 19.8 Å². The van der Waals surface area contributed by atoms with Gasteiger partial charge in [0.05, 0.1) is 16.3 Å². The molecule has 0 radical (unpaired) electrons.